The van der Waals surface area contributed by atoms with Crippen molar-refractivity contribution in [2.75, 3.05) is 29.4 Å². The van der Waals surface area contributed by atoms with E-state index in [-0.39, 0.29) is 51.1 Å². The molecule has 0 spiro atoms. The summed E-state index contributed by atoms with van der Waals surface area (Å²) < 4.78 is 30.4. The summed E-state index contributed by atoms with van der Waals surface area (Å²) in [6.45, 7) is 4.75. The van der Waals surface area contributed by atoms with Crippen molar-refractivity contribution in [1.29, 1.82) is 0 Å². The first kappa shape index (κ1) is 19.6. The quantitative estimate of drug-likeness (QED) is 0.459. The van der Waals surface area contributed by atoms with Crippen molar-refractivity contribution in [2.24, 2.45) is 0 Å². The Hall–Kier alpha value is -2.76. The normalized spacial score (nSPS) is 11.4. The second-order valence-electron chi connectivity index (χ2n) is 5.48. The molecule has 3 N–H and O–H groups in total. The first-order valence-corrected chi connectivity index (χ1v) is 9.10. The molecule has 26 heavy (non-hydrogen) atoms. The molecule has 0 saturated heterocycles. The number of aryl methyl sites for hydroxylation is 1. The van der Waals surface area contributed by atoms with Crippen LogP contribution in [0.4, 0.5) is 11.4 Å². The smallest absolute Gasteiger partial charge is 0.232 e. The van der Waals surface area contributed by atoms with Crippen LogP contribution < -0.4 is 19.4 Å². The minimum Gasteiger partial charge on any atom is -0.543 e. The van der Waals surface area contributed by atoms with Gasteiger partial charge in [-0.1, -0.05) is 6.08 Å². The van der Waals surface area contributed by atoms with Crippen LogP contribution in [0.3, 0.4) is 0 Å². The molecule has 1 heterocycles. The first-order chi connectivity index (χ1) is 12.0. The Morgan fingerprint density at radius 2 is 2.08 bits per heavy atom. The van der Waals surface area contributed by atoms with Crippen LogP contribution in [0.25, 0.3) is 10.9 Å². The van der Waals surface area contributed by atoms with Crippen molar-refractivity contribution in [3.8, 4) is 5.75 Å². The summed E-state index contributed by atoms with van der Waals surface area (Å²) in [6.07, 6.45) is 2.25. The van der Waals surface area contributed by atoms with Crippen LogP contribution >= 0.6 is 0 Å². The third-order valence-electron chi connectivity index (χ3n) is 3.83. The highest BCUT2D eigenvalue weighted by Crippen LogP contribution is 2.44. The van der Waals surface area contributed by atoms with Crippen molar-refractivity contribution in [3.05, 3.63) is 30.0 Å². The molecule has 0 saturated carbocycles. The monoisotopic (exact) mass is 384 g/mol. The van der Waals surface area contributed by atoms with Crippen LogP contribution in [0.5, 0.6) is 5.75 Å². The number of H-pyrrole nitrogens is 1. The molecule has 2 aromatic rings. The van der Waals surface area contributed by atoms with E-state index in [0.717, 1.165) is 10.6 Å². The Morgan fingerprint density at radius 3 is 2.50 bits per heavy atom. The summed E-state index contributed by atoms with van der Waals surface area (Å²) in [5.41, 5.74) is -0.505. The molecule has 0 atom stereocenters. The Balaban J connectivity index is 3.04. The molecule has 0 aliphatic rings. The average molecular weight is 384 g/mol. The largest absolute Gasteiger partial charge is 0.543 e. The number of carbonyl (C=O) groups excluding carboxylic acids is 1. The van der Waals surface area contributed by atoms with E-state index < -0.39 is 16.0 Å². The van der Waals surface area contributed by atoms with E-state index in [1.54, 1.807) is 0 Å². The number of aromatic amines is 1. The molecular weight excluding hydrogens is 366 g/mol. The van der Waals surface area contributed by atoms with Crippen LogP contribution in [-0.4, -0.2) is 49.7 Å². The number of carboxylic acid groups (broad SMARTS) is 1. The van der Waals surface area contributed by atoms with Gasteiger partial charge in [-0.3, -0.25) is 14.7 Å². The number of aromatic nitrogens is 1. The number of rotatable bonds is 7. The van der Waals surface area contributed by atoms with E-state index in [9.17, 15) is 28.7 Å². The maximum absolute atomic E-state index is 12.2. The van der Waals surface area contributed by atoms with Gasteiger partial charge in [0.2, 0.25) is 10.0 Å². The standard InChI is InChI=1S/C15H19N3O7S/c1-5-6-17(26(4,23)24)9-7-10(25-3)13-11(14(9)18(21)22)8(2)12(16-13)15(19)20/h5,7,16,21-22H,1,6H2,2-4H3,(H,19,20)/p-1. The first-order valence-electron chi connectivity index (χ1n) is 7.25. The fourth-order valence-electron chi connectivity index (χ4n) is 2.75. The van der Waals surface area contributed by atoms with Gasteiger partial charge in [0.25, 0.3) is 0 Å². The molecule has 0 aliphatic heterocycles. The van der Waals surface area contributed by atoms with Gasteiger partial charge in [-0.25, -0.2) is 8.42 Å². The summed E-state index contributed by atoms with van der Waals surface area (Å²) in [4.78, 5) is 13.9. The number of sulfonamides is 1. The second kappa shape index (κ2) is 6.86. The zero-order chi connectivity index (χ0) is 19.8. The lowest BCUT2D eigenvalue weighted by molar-refractivity contribution is -0.255. The molecule has 0 aliphatic carbocycles. The molecule has 1 aromatic heterocycles. The van der Waals surface area contributed by atoms with Gasteiger partial charge < -0.3 is 19.6 Å². The van der Waals surface area contributed by atoms with Crippen molar-refractivity contribution < 1.29 is 33.5 Å². The third kappa shape index (κ3) is 3.19. The SMILES string of the molecule is C=CCN(c1cc(OC)c2[nH]c(C(=O)[O-])c(C)c2c1N(O)O)S(C)(=O)=O. The van der Waals surface area contributed by atoms with Crippen molar-refractivity contribution in [3.63, 3.8) is 0 Å². The molecule has 2 rings (SSSR count). The summed E-state index contributed by atoms with van der Waals surface area (Å²) in [7, 11) is -2.53. The fraction of sp³-hybridized carbons (Fsp3) is 0.267. The zero-order valence-corrected chi connectivity index (χ0v) is 15.1. The number of carboxylic acids is 1. The summed E-state index contributed by atoms with van der Waals surface area (Å²) in [5, 5.41) is 30.6. The van der Waals surface area contributed by atoms with Crippen LogP contribution in [0.15, 0.2) is 18.7 Å². The Bertz CT molecular complexity index is 979. The number of nitrogens with zero attached hydrogens (tertiary/aromatic N) is 2. The van der Waals surface area contributed by atoms with E-state index in [1.807, 2.05) is 0 Å². The maximum Gasteiger partial charge on any atom is 0.232 e. The molecule has 10 nitrogen and oxygen atoms in total. The average Bonchev–Trinajstić information content (AvgIpc) is 2.87. The third-order valence-corrected chi connectivity index (χ3v) is 4.98. The lowest BCUT2D eigenvalue weighted by Gasteiger charge is -2.26. The van der Waals surface area contributed by atoms with Crippen LogP contribution in [-0.2, 0) is 10.0 Å². The van der Waals surface area contributed by atoms with Crippen LogP contribution in [0.1, 0.15) is 16.1 Å². The Morgan fingerprint density at radius 1 is 1.46 bits per heavy atom. The van der Waals surface area contributed by atoms with Gasteiger partial charge in [-0.2, -0.15) is 0 Å². The molecule has 0 bridgehead atoms. The number of benzene rings is 1. The maximum atomic E-state index is 12.2. The summed E-state index contributed by atoms with van der Waals surface area (Å²) in [5.74, 6) is -1.41. The minimum absolute atomic E-state index is 0.0567. The van der Waals surface area contributed by atoms with Crippen molar-refractivity contribution in [2.45, 2.75) is 6.92 Å². The van der Waals surface area contributed by atoms with Gasteiger partial charge in [0.05, 0.1) is 42.8 Å². The molecule has 0 amide bonds. The van der Waals surface area contributed by atoms with Gasteiger partial charge in [-0.15, -0.1) is 11.8 Å². The topological polar surface area (TPSA) is 146 Å². The van der Waals surface area contributed by atoms with E-state index in [0.29, 0.717) is 0 Å². The Labute approximate surface area is 149 Å². The molecular formula is C15H18N3O7S-. The number of hydrogen-bond acceptors (Lipinski definition) is 8. The van der Waals surface area contributed by atoms with Gasteiger partial charge in [0.1, 0.15) is 11.4 Å². The van der Waals surface area contributed by atoms with E-state index in [2.05, 4.69) is 11.6 Å². The van der Waals surface area contributed by atoms with Gasteiger partial charge in [-0.05, 0) is 12.5 Å². The number of hydrogen-bond donors (Lipinski definition) is 3. The number of carbonyl (C=O) groups is 1. The van der Waals surface area contributed by atoms with Gasteiger partial charge in [0.15, 0.2) is 0 Å². The lowest BCUT2D eigenvalue weighted by atomic mass is 10.1. The van der Waals surface area contributed by atoms with Crippen molar-refractivity contribution >= 4 is 38.3 Å². The predicted molar refractivity (Wildman–Crippen MR) is 92.4 cm³/mol. The van der Waals surface area contributed by atoms with Crippen LogP contribution in [0, 0.1) is 6.92 Å². The molecule has 0 fully saturated rings. The molecule has 142 valence electrons. The van der Waals surface area contributed by atoms with E-state index in [4.69, 9.17) is 4.74 Å². The molecule has 0 radical (unpaired) electrons. The molecule has 0 unspecified atom stereocenters. The minimum atomic E-state index is -3.83. The number of nitrogens with one attached hydrogen (secondary N) is 1. The number of fused-ring (bicyclic) bond motifs is 1. The highest BCUT2D eigenvalue weighted by atomic mass is 32.2. The van der Waals surface area contributed by atoms with Gasteiger partial charge in [0, 0.05) is 11.5 Å². The second-order valence-corrected chi connectivity index (χ2v) is 7.39. The zero-order valence-electron chi connectivity index (χ0n) is 14.3. The van der Waals surface area contributed by atoms with Crippen LogP contribution in [0.2, 0.25) is 0 Å². The lowest BCUT2D eigenvalue weighted by Crippen LogP contribution is -2.31. The van der Waals surface area contributed by atoms with Crippen molar-refractivity contribution in [1.82, 2.24) is 4.98 Å². The number of methoxy groups -OCH3 is 1. The fourth-order valence-corrected chi connectivity index (χ4v) is 3.63. The molecule has 1 aromatic carbocycles. The number of ether oxygens (including phenoxy) is 1. The van der Waals surface area contributed by atoms with Gasteiger partial charge >= 0.3 is 0 Å². The Kier molecular flexibility index (Phi) is 5.16. The predicted octanol–water partition coefficient (Wildman–Crippen LogP) is 0.385. The molecule has 11 heteroatoms. The summed E-state index contributed by atoms with van der Waals surface area (Å²) in [6, 6.07) is 1.25. The highest BCUT2D eigenvalue weighted by molar-refractivity contribution is 7.92. The van der Waals surface area contributed by atoms with E-state index in [1.165, 1.54) is 26.2 Å². The summed E-state index contributed by atoms with van der Waals surface area (Å²) >= 11 is 0. The number of aromatic carboxylic acids is 1. The van der Waals surface area contributed by atoms with E-state index >= 15 is 0 Å². The highest BCUT2D eigenvalue weighted by Gasteiger charge is 2.28. The number of anilines is 2.